The highest BCUT2D eigenvalue weighted by molar-refractivity contribution is 6.09. The number of ether oxygens (including phenoxy) is 1. The van der Waals surface area contributed by atoms with E-state index in [2.05, 4.69) is 0 Å². The molecule has 0 heterocycles. The van der Waals surface area contributed by atoms with Gasteiger partial charge in [0.15, 0.2) is 0 Å². The number of hydrogen-bond acceptors (Lipinski definition) is 4. The first kappa shape index (κ1) is 17.2. The van der Waals surface area contributed by atoms with Gasteiger partial charge in [-0.05, 0) is 36.8 Å². The fraction of sp³-hybridized carbons (Fsp3) is 0.211. The molecule has 0 spiro atoms. The van der Waals surface area contributed by atoms with Crippen LogP contribution < -0.4 is 4.90 Å². The molecule has 0 bridgehead atoms. The summed E-state index contributed by atoms with van der Waals surface area (Å²) in [4.78, 5) is 26.6. The summed E-state index contributed by atoms with van der Waals surface area (Å²) in [6.45, 7) is 1.82. The molecule has 122 valence electrons. The first-order valence-corrected chi connectivity index (χ1v) is 7.59. The molecule has 1 atom stereocenters. The molecule has 24 heavy (non-hydrogen) atoms. The Morgan fingerprint density at radius 1 is 1.17 bits per heavy atom. The average molecular weight is 322 g/mol. The monoisotopic (exact) mass is 322 g/mol. The van der Waals surface area contributed by atoms with E-state index in [1.807, 2.05) is 19.1 Å². The number of carbonyl (C=O) groups excluding carboxylic acids is 2. The highest BCUT2D eigenvalue weighted by atomic mass is 16.5. The Labute approximate surface area is 141 Å². The van der Waals surface area contributed by atoms with Crippen molar-refractivity contribution in [1.29, 1.82) is 5.26 Å². The number of rotatable bonds is 5. The zero-order valence-corrected chi connectivity index (χ0v) is 13.6. The normalized spacial score (nSPS) is 11.2. The second-order valence-electron chi connectivity index (χ2n) is 5.15. The number of hydrogen-bond donors (Lipinski definition) is 0. The minimum atomic E-state index is -0.740. The molecule has 2 aromatic carbocycles. The Morgan fingerprint density at radius 3 is 2.46 bits per heavy atom. The van der Waals surface area contributed by atoms with Crippen LogP contribution in [-0.4, -0.2) is 25.0 Å². The number of nitriles is 1. The molecule has 1 amide bonds. The molecule has 0 aliphatic heterocycles. The summed E-state index contributed by atoms with van der Waals surface area (Å²) in [7, 11) is 1.30. The molecule has 5 nitrogen and oxygen atoms in total. The number of methoxy groups -OCH3 is 1. The maximum absolute atomic E-state index is 13.0. The van der Waals surface area contributed by atoms with Crippen molar-refractivity contribution in [1.82, 2.24) is 0 Å². The minimum absolute atomic E-state index is 0.347. The van der Waals surface area contributed by atoms with Crippen LogP contribution in [0.1, 0.15) is 29.3 Å². The maximum atomic E-state index is 13.0. The Balaban J connectivity index is 2.51. The summed E-state index contributed by atoms with van der Waals surface area (Å²) >= 11 is 0. The lowest BCUT2D eigenvalue weighted by atomic mass is 10.1. The van der Waals surface area contributed by atoms with Gasteiger partial charge in [0.2, 0.25) is 0 Å². The summed E-state index contributed by atoms with van der Waals surface area (Å²) < 4.78 is 4.85. The number of carbonyl (C=O) groups is 2. The predicted octanol–water partition coefficient (Wildman–Crippen LogP) is 3.16. The number of benzene rings is 2. The van der Waals surface area contributed by atoms with Crippen molar-refractivity contribution in [3.05, 3.63) is 65.7 Å². The van der Waals surface area contributed by atoms with E-state index in [0.717, 1.165) is 0 Å². The molecule has 0 radical (unpaired) electrons. The van der Waals surface area contributed by atoms with Gasteiger partial charge in [-0.2, -0.15) is 5.26 Å². The standard InChI is InChI=1S/C19H18N2O3/c1-3-17(19(23)24-2)21(16-10-5-4-6-11-16)18(22)15-9-7-8-14(12-15)13-20/h4-12,17H,3H2,1-2H3. The molecule has 0 aliphatic rings. The SMILES string of the molecule is CCC(C(=O)OC)N(C(=O)c1cccc(C#N)c1)c1ccccc1. The van der Waals surface area contributed by atoms with Gasteiger partial charge in [-0.15, -0.1) is 0 Å². The highest BCUT2D eigenvalue weighted by Crippen LogP contribution is 2.22. The first-order chi connectivity index (χ1) is 11.6. The topological polar surface area (TPSA) is 70.4 Å². The van der Waals surface area contributed by atoms with E-state index < -0.39 is 12.0 Å². The van der Waals surface area contributed by atoms with Gasteiger partial charge in [-0.1, -0.05) is 31.2 Å². The van der Waals surface area contributed by atoms with Crippen LogP contribution in [0.15, 0.2) is 54.6 Å². The van der Waals surface area contributed by atoms with E-state index in [1.54, 1.807) is 42.5 Å². The molecule has 0 N–H and O–H groups in total. The van der Waals surface area contributed by atoms with Crippen LogP contribution in [-0.2, 0) is 9.53 Å². The fourth-order valence-electron chi connectivity index (χ4n) is 2.48. The Morgan fingerprint density at radius 2 is 1.88 bits per heavy atom. The van der Waals surface area contributed by atoms with Crippen molar-refractivity contribution in [2.45, 2.75) is 19.4 Å². The Kier molecular flexibility index (Phi) is 5.69. The summed E-state index contributed by atoms with van der Waals surface area (Å²) in [5, 5.41) is 9.03. The molecule has 0 saturated heterocycles. The van der Waals surface area contributed by atoms with E-state index in [-0.39, 0.29) is 5.91 Å². The molecule has 0 fully saturated rings. The minimum Gasteiger partial charge on any atom is -0.467 e. The maximum Gasteiger partial charge on any atom is 0.328 e. The molecular formula is C19H18N2O3. The van der Waals surface area contributed by atoms with E-state index >= 15 is 0 Å². The van der Waals surface area contributed by atoms with Crippen LogP contribution in [0.3, 0.4) is 0 Å². The Bertz CT molecular complexity index is 766. The highest BCUT2D eigenvalue weighted by Gasteiger charge is 2.31. The zero-order valence-electron chi connectivity index (χ0n) is 13.6. The van der Waals surface area contributed by atoms with Gasteiger partial charge in [0.1, 0.15) is 6.04 Å². The number of amides is 1. The lowest BCUT2D eigenvalue weighted by Crippen LogP contribution is -2.45. The van der Waals surface area contributed by atoms with Gasteiger partial charge >= 0.3 is 5.97 Å². The van der Waals surface area contributed by atoms with E-state index in [0.29, 0.717) is 23.2 Å². The predicted molar refractivity (Wildman–Crippen MR) is 90.5 cm³/mol. The van der Waals surface area contributed by atoms with Crippen LogP contribution >= 0.6 is 0 Å². The number of nitrogens with zero attached hydrogens (tertiary/aromatic N) is 2. The third-order valence-corrected chi connectivity index (χ3v) is 3.66. The van der Waals surface area contributed by atoms with Crippen LogP contribution in [0.2, 0.25) is 0 Å². The van der Waals surface area contributed by atoms with Gasteiger partial charge in [0, 0.05) is 11.3 Å². The number of para-hydroxylation sites is 1. The van der Waals surface area contributed by atoms with Gasteiger partial charge in [0.05, 0.1) is 18.7 Å². The van der Waals surface area contributed by atoms with Gasteiger partial charge in [-0.3, -0.25) is 9.69 Å². The molecular weight excluding hydrogens is 304 g/mol. The van der Waals surface area contributed by atoms with Crippen LogP contribution in [0.5, 0.6) is 0 Å². The summed E-state index contributed by atoms with van der Waals surface area (Å²) in [6, 6.07) is 16.6. The summed E-state index contributed by atoms with van der Waals surface area (Å²) in [6.07, 6.45) is 0.408. The van der Waals surface area contributed by atoms with Gasteiger partial charge in [0.25, 0.3) is 5.91 Å². The smallest absolute Gasteiger partial charge is 0.328 e. The third kappa shape index (κ3) is 3.61. The summed E-state index contributed by atoms with van der Waals surface area (Å²) in [5.74, 6) is -0.832. The fourth-order valence-corrected chi connectivity index (χ4v) is 2.48. The van der Waals surface area contributed by atoms with Crippen LogP contribution in [0, 0.1) is 11.3 Å². The van der Waals surface area contributed by atoms with Crippen molar-refractivity contribution in [3.63, 3.8) is 0 Å². The van der Waals surface area contributed by atoms with Gasteiger partial charge < -0.3 is 4.74 Å². The molecule has 2 rings (SSSR count). The van der Waals surface area contributed by atoms with E-state index in [1.165, 1.54) is 18.1 Å². The van der Waals surface area contributed by atoms with E-state index in [4.69, 9.17) is 10.00 Å². The molecule has 0 saturated carbocycles. The molecule has 5 heteroatoms. The van der Waals surface area contributed by atoms with Crippen molar-refractivity contribution in [2.75, 3.05) is 12.0 Å². The van der Waals surface area contributed by atoms with Crippen molar-refractivity contribution in [3.8, 4) is 6.07 Å². The third-order valence-electron chi connectivity index (χ3n) is 3.66. The van der Waals surface area contributed by atoms with Crippen LogP contribution in [0.4, 0.5) is 5.69 Å². The Hall–Kier alpha value is -3.13. The lowest BCUT2D eigenvalue weighted by molar-refractivity contribution is -0.142. The largest absolute Gasteiger partial charge is 0.467 e. The van der Waals surface area contributed by atoms with Crippen molar-refractivity contribution >= 4 is 17.6 Å². The first-order valence-electron chi connectivity index (χ1n) is 7.59. The molecule has 1 unspecified atom stereocenters. The summed E-state index contributed by atoms with van der Waals surface area (Å²) in [5.41, 5.74) is 1.34. The van der Waals surface area contributed by atoms with Crippen LogP contribution in [0.25, 0.3) is 0 Å². The molecule has 0 aromatic heterocycles. The average Bonchev–Trinajstić information content (AvgIpc) is 2.65. The zero-order chi connectivity index (χ0) is 17.5. The number of esters is 1. The number of anilines is 1. The van der Waals surface area contributed by atoms with Crippen molar-refractivity contribution in [2.24, 2.45) is 0 Å². The second kappa shape index (κ2) is 7.93. The molecule has 2 aromatic rings. The van der Waals surface area contributed by atoms with E-state index in [9.17, 15) is 9.59 Å². The lowest BCUT2D eigenvalue weighted by Gasteiger charge is -2.29. The van der Waals surface area contributed by atoms with Crippen molar-refractivity contribution < 1.29 is 14.3 Å². The quantitative estimate of drug-likeness (QED) is 0.793. The second-order valence-corrected chi connectivity index (χ2v) is 5.15. The van der Waals surface area contributed by atoms with Gasteiger partial charge in [-0.25, -0.2) is 4.79 Å². The molecule has 0 aliphatic carbocycles.